The zero-order valence-electron chi connectivity index (χ0n) is 23.2. The van der Waals surface area contributed by atoms with E-state index >= 15 is 0 Å². The molecule has 2 N–H and O–H groups in total. The third-order valence-electron chi connectivity index (χ3n) is 7.09. The lowest BCUT2D eigenvalue weighted by atomic mass is 10.1. The number of halogens is 1. The molecule has 0 atom stereocenters. The maximum atomic E-state index is 13.0. The van der Waals surface area contributed by atoms with Crippen molar-refractivity contribution in [3.05, 3.63) is 83.9 Å². The van der Waals surface area contributed by atoms with Gasteiger partial charge in [0.2, 0.25) is 0 Å². The highest BCUT2D eigenvalue weighted by atomic mass is 127. The van der Waals surface area contributed by atoms with Crippen LogP contribution in [0.2, 0.25) is 0 Å². The zero-order chi connectivity index (χ0) is 28.9. The van der Waals surface area contributed by atoms with Gasteiger partial charge in [-0.05, 0) is 36.9 Å². The van der Waals surface area contributed by atoms with Crippen LogP contribution in [0.5, 0.6) is 11.5 Å². The Morgan fingerprint density at radius 1 is 1.07 bits per heavy atom. The van der Waals surface area contributed by atoms with E-state index in [9.17, 15) is 24.6 Å². The average molecular weight is 686 g/mol. The lowest BCUT2D eigenvalue weighted by Crippen LogP contribution is -3.00. The van der Waals surface area contributed by atoms with Gasteiger partial charge in [-0.1, -0.05) is 18.2 Å². The molecule has 2 aromatic heterocycles. The molecular formula is C30H32IN5O6. The minimum Gasteiger partial charge on any atom is -1.00 e. The average Bonchev–Trinajstić information content (AvgIpc) is 3.40. The predicted molar refractivity (Wildman–Crippen MR) is 145 cm³/mol. The number of carbonyl (C=O) groups is 3. The topological polar surface area (TPSA) is 132 Å². The van der Waals surface area contributed by atoms with Gasteiger partial charge in [-0.2, -0.15) is 0 Å². The Kier molecular flexibility index (Phi) is 10.1. The number of ether oxygens (including phenoxy) is 1. The van der Waals surface area contributed by atoms with Crippen LogP contribution in [0.25, 0.3) is 11.0 Å². The number of benzene rings is 2. The number of imidazole rings is 1. The van der Waals surface area contributed by atoms with Crippen LogP contribution in [0.15, 0.2) is 67.0 Å². The number of hydrogen-bond donors (Lipinski definition) is 2. The first-order chi connectivity index (χ1) is 19.9. The molecule has 1 aliphatic rings. The van der Waals surface area contributed by atoms with Crippen LogP contribution in [0.1, 0.15) is 39.9 Å². The van der Waals surface area contributed by atoms with Crippen molar-refractivity contribution in [3.63, 3.8) is 0 Å². The van der Waals surface area contributed by atoms with Crippen molar-refractivity contribution in [3.8, 4) is 11.5 Å². The minimum absolute atomic E-state index is 0. The molecule has 0 spiro atoms. The van der Waals surface area contributed by atoms with Gasteiger partial charge in [0.25, 0.3) is 23.5 Å². The summed E-state index contributed by atoms with van der Waals surface area (Å²) in [5.41, 5.74) is 2.37. The predicted octanol–water partition coefficient (Wildman–Crippen LogP) is -2.31. The standard InChI is InChI=1S/C30H31N5O6.HI/c1-2-33-25-11-10-22(41-20-27(38)31-12-6-14-32-13-5-7-21(37)18-32)17-26(25)34(15-16-36)28(33)19-35-29(39)23-8-3-4-9-24(23)30(35)40;/h3-5,7-11,13,17-18,36H,2,6,12,14-16,19-20H2,1H3;1H. The highest BCUT2D eigenvalue weighted by Gasteiger charge is 2.38. The molecule has 3 amide bonds. The number of aromatic nitrogens is 3. The van der Waals surface area contributed by atoms with E-state index in [1.54, 1.807) is 47.0 Å². The number of fused-ring (bicyclic) bond motifs is 2. The summed E-state index contributed by atoms with van der Waals surface area (Å²) in [6.45, 7) is 3.57. The van der Waals surface area contributed by atoms with Gasteiger partial charge in [0.05, 0.1) is 24.3 Å². The maximum absolute atomic E-state index is 13.0. The van der Waals surface area contributed by atoms with Gasteiger partial charge in [-0.3, -0.25) is 19.3 Å². The molecule has 2 aromatic carbocycles. The van der Waals surface area contributed by atoms with E-state index in [0.29, 0.717) is 48.8 Å². The van der Waals surface area contributed by atoms with Gasteiger partial charge < -0.3 is 44.2 Å². The Hall–Kier alpha value is -4.04. The molecular weight excluding hydrogens is 653 g/mol. The molecule has 12 heteroatoms. The number of pyridine rings is 1. The summed E-state index contributed by atoms with van der Waals surface area (Å²) in [5.74, 6) is 0.146. The largest absolute Gasteiger partial charge is 1.00 e. The molecule has 1 aliphatic heterocycles. The third-order valence-corrected chi connectivity index (χ3v) is 7.09. The Bertz CT molecular complexity index is 1590. The van der Waals surface area contributed by atoms with E-state index in [1.165, 1.54) is 17.2 Å². The van der Waals surface area contributed by atoms with E-state index in [4.69, 9.17) is 4.74 Å². The van der Waals surface area contributed by atoms with Crippen molar-refractivity contribution in [1.82, 2.24) is 14.8 Å². The van der Waals surface area contributed by atoms with Crippen LogP contribution in [0.3, 0.4) is 0 Å². The molecule has 4 aromatic rings. The van der Waals surface area contributed by atoms with Crippen molar-refractivity contribution >= 4 is 28.8 Å². The van der Waals surface area contributed by atoms with Gasteiger partial charge in [-0.25, -0.2) is 13.7 Å². The Morgan fingerprint density at radius 3 is 2.48 bits per heavy atom. The van der Waals surface area contributed by atoms with Gasteiger partial charge in [0.15, 0.2) is 30.0 Å². The van der Waals surface area contributed by atoms with Crippen LogP contribution in [0, 0.1) is 0 Å². The van der Waals surface area contributed by atoms with Crippen molar-refractivity contribution in [2.24, 2.45) is 0 Å². The second-order valence-electron chi connectivity index (χ2n) is 9.70. The number of aliphatic hydroxyl groups is 1. The molecule has 0 bridgehead atoms. The smallest absolute Gasteiger partial charge is 0.278 e. The SMILES string of the molecule is CC[n+]1c(CN2C(=O)c3ccccc3C2=O)n(CCO)c2cc(OCC(=O)NCCC[n+]3cccc([O-])c3)ccc21.[I-]. The number of nitrogens with one attached hydrogen (secondary N) is 1. The van der Waals surface area contributed by atoms with Crippen molar-refractivity contribution in [2.75, 3.05) is 19.8 Å². The highest BCUT2D eigenvalue weighted by Crippen LogP contribution is 2.26. The first-order valence-electron chi connectivity index (χ1n) is 13.6. The summed E-state index contributed by atoms with van der Waals surface area (Å²) in [6.07, 6.45) is 3.98. The molecule has 0 saturated carbocycles. The molecule has 0 radical (unpaired) electrons. The molecule has 42 heavy (non-hydrogen) atoms. The quantitative estimate of drug-likeness (QED) is 0.0747. The normalized spacial score (nSPS) is 12.4. The Morgan fingerprint density at radius 2 is 1.81 bits per heavy atom. The van der Waals surface area contributed by atoms with Crippen molar-refractivity contribution in [2.45, 2.75) is 39.5 Å². The molecule has 0 unspecified atom stereocenters. The second kappa shape index (κ2) is 13.7. The van der Waals surface area contributed by atoms with Crippen molar-refractivity contribution < 1.29 is 62.4 Å². The number of amides is 3. The number of carbonyl (C=O) groups excluding carboxylic acids is 3. The monoisotopic (exact) mass is 685 g/mol. The van der Waals surface area contributed by atoms with Gasteiger partial charge in [0, 0.05) is 25.1 Å². The fourth-order valence-electron chi connectivity index (χ4n) is 5.18. The minimum atomic E-state index is -0.346. The number of imide groups is 1. The number of aryl methyl sites for hydroxylation is 2. The summed E-state index contributed by atoms with van der Waals surface area (Å²) < 4.78 is 11.4. The highest BCUT2D eigenvalue weighted by molar-refractivity contribution is 6.21. The van der Waals surface area contributed by atoms with Crippen molar-refractivity contribution in [1.29, 1.82) is 0 Å². The number of aliphatic hydroxyl groups excluding tert-OH is 1. The molecule has 0 saturated heterocycles. The van der Waals surface area contributed by atoms with Gasteiger partial charge in [-0.15, -0.1) is 0 Å². The van der Waals surface area contributed by atoms with Crippen LogP contribution in [-0.2, 0) is 31.0 Å². The van der Waals surface area contributed by atoms with E-state index < -0.39 is 0 Å². The third kappa shape index (κ3) is 6.39. The van der Waals surface area contributed by atoms with E-state index in [-0.39, 0.29) is 73.8 Å². The molecule has 0 fully saturated rings. The fraction of sp³-hybridized carbons (Fsp3) is 0.300. The first kappa shape index (κ1) is 30.9. The number of nitrogens with zero attached hydrogens (tertiary/aromatic N) is 4. The Labute approximate surface area is 260 Å². The van der Waals surface area contributed by atoms with Gasteiger partial charge >= 0.3 is 0 Å². The van der Waals surface area contributed by atoms with Crippen LogP contribution in [-0.4, -0.2) is 52.1 Å². The van der Waals surface area contributed by atoms with E-state index in [2.05, 4.69) is 5.32 Å². The molecule has 0 aliphatic carbocycles. The molecule has 5 rings (SSSR count). The second-order valence-corrected chi connectivity index (χ2v) is 9.70. The van der Waals surface area contributed by atoms with E-state index in [1.807, 2.05) is 28.3 Å². The summed E-state index contributed by atoms with van der Waals surface area (Å²) in [6, 6.07) is 15.4. The maximum Gasteiger partial charge on any atom is 0.278 e. The van der Waals surface area contributed by atoms with Gasteiger partial charge in [0.1, 0.15) is 25.4 Å². The van der Waals surface area contributed by atoms with Crippen LogP contribution < -0.4 is 48.3 Å². The number of hydrogen-bond acceptors (Lipinski definition) is 6. The van der Waals surface area contributed by atoms with Crippen LogP contribution in [0.4, 0.5) is 0 Å². The summed E-state index contributed by atoms with van der Waals surface area (Å²) in [7, 11) is 0. The molecule has 220 valence electrons. The summed E-state index contributed by atoms with van der Waals surface area (Å²) >= 11 is 0. The first-order valence-corrected chi connectivity index (χ1v) is 13.6. The Balaban J connectivity index is 0.00000405. The van der Waals surface area contributed by atoms with Crippen LogP contribution >= 0.6 is 0 Å². The molecule has 3 heterocycles. The zero-order valence-corrected chi connectivity index (χ0v) is 25.3. The summed E-state index contributed by atoms with van der Waals surface area (Å²) in [5, 5.41) is 24.1. The van der Waals surface area contributed by atoms with E-state index in [0.717, 1.165) is 11.0 Å². The molecule has 11 nitrogen and oxygen atoms in total. The summed E-state index contributed by atoms with van der Waals surface area (Å²) in [4.78, 5) is 39.7. The number of rotatable bonds is 12. The lowest BCUT2D eigenvalue weighted by Gasteiger charge is -2.13. The fourth-order valence-corrected chi connectivity index (χ4v) is 5.18. The lowest BCUT2D eigenvalue weighted by molar-refractivity contribution is -0.699.